The first-order valence-electron chi connectivity index (χ1n) is 10.4. The lowest BCUT2D eigenvalue weighted by atomic mass is 9.98. The van der Waals surface area contributed by atoms with Crippen LogP contribution in [0.1, 0.15) is 57.8 Å². The van der Waals surface area contributed by atoms with E-state index in [0.29, 0.717) is 41.8 Å². The summed E-state index contributed by atoms with van der Waals surface area (Å²) in [4.78, 5) is 17.7. The van der Waals surface area contributed by atoms with Crippen LogP contribution in [0.15, 0.2) is 12.1 Å². The van der Waals surface area contributed by atoms with Crippen LogP contribution in [0, 0.1) is 0 Å². The molecule has 1 aliphatic rings. The van der Waals surface area contributed by atoms with E-state index in [-0.39, 0.29) is 18.0 Å². The lowest BCUT2D eigenvalue weighted by Gasteiger charge is -2.47. The Hall–Kier alpha value is -1.50. The Balaban J connectivity index is 2.31. The zero-order chi connectivity index (χ0) is 21.8. The number of piperazine rings is 1. The molecule has 2 rings (SSSR count). The van der Waals surface area contributed by atoms with Gasteiger partial charge in [0.25, 0.3) is 5.91 Å². The molecule has 164 valence electrons. The fraction of sp³-hybridized carbons (Fsp3) is 0.682. The summed E-state index contributed by atoms with van der Waals surface area (Å²) in [6.45, 7) is 12.1. The van der Waals surface area contributed by atoms with Gasteiger partial charge in [-0.3, -0.25) is 9.69 Å². The molecule has 1 N–H and O–H groups in total. The van der Waals surface area contributed by atoms with Crippen molar-refractivity contribution in [2.45, 2.75) is 65.1 Å². The normalized spacial score (nSPS) is 20.6. The molecule has 7 heteroatoms. The summed E-state index contributed by atoms with van der Waals surface area (Å²) in [5.74, 6) is 0.867. The summed E-state index contributed by atoms with van der Waals surface area (Å²) in [5, 5.41) is 10.7. The van der Waals surface area contributed by atoms with Crippen LogP contribution in [-0.2, 0) is 0 Å². The molecule has 0 aliphatic carbocycles. The minimum absolute atomic E-state index is 0.0542. The van der Waals surface area contributed by atoms with Gasteiger partial charge in [-0.05, 0) is 45.7 Å². The van der Waals surface area contributed by atoms with Gasteiger partial charge in [0.15, 0.2) is 11.5 Å². The second-order valence-electron chi connectivity index (χ2n) is 8.25. The smallest absolute Gasteiger partial charge is 0.254 e. The monoisotopic (exact) mass is 426 g/mol. The number of halogens is 1. The van der Waals surface area contributed by atoms with Gasteiger partial charge in [-0.15, -0.1) is 0 Å². The van der Waals surface area contributed by atoms with Crippen LogP contribution in [-0.4, -0.2) is 71.8 Å². The summed E-state index contributed by atoms with van der Waals surface area (Å²) in [6, 6.07) is 3.64. The molecule has 1 amide bonds. The van der Waals surface area contributed by atoms with Gasteiger partial charge in [0.05, 0.1) is 24.3 Å². The quantitative estimate of drug-likeness (QED) is 0.684. The second-order valence-corrected chi connectivity index (χ2v) is 8.65. The first kappa shape index (κ1) is 23.8. The highest BCUT2D eigenvalue weighted by Crippen LogP contribution is 2.37. The predicted octanol–water partition coefficient (Wildman–Crippen LogP) is 3.83. The fourth-order valence-corrected chi connectivity index (χ4v) is 4.24. The molecule has 1 aromatic carbocycles. The van der Waals surface area contributed by atoms with Crippen LogP contribution in [0.5, 0.6) is 11.5 Å². The Bertz CT molecular complexity index is 705. The van der Waals surface area contributed by atoms with E-state index >= 15 is 0 Å². The Morgan fingerprint density at radius 3 is 2.38 bits per heavy atom. The summed E-state index contributed by atoms with van der Waals surface area (Å²) >= 11 is 6.39. The van der Waals surface area contributed by atoms with Crippen molar-refractivity contribution < 1.29 is 19.4 Å². The van der Waals surface area contributed by atoms with Crippen molar-refractivity contribution in [2.75, 3.05) is 33.4 Å². The highest BCUT2D eigenvalue weighted by Gasteiger charge is 2.37. The van der Waals surface area contributed by atoms with Gasteiger partial charge in [-0.1, -0.05) is 25.4 Å². The van der Waals surface area contributed by atoms with E-state index in [0.717, 1.165) is 19.4 Å². The molecule has 0 aromatic heterocycles. The minimum atomic E-state index is -0.770. The molecule has 1 aromatic rings. The molecule has 1 saturated heterocycles. The summed E-state index contributed by atoms with van der Waals surface area (Å²) in [6.07, 6.45) is 1.75. The standard InChI is InChI=1S/C22H35ClN2O4/c1-7-16-13-25(17(8-2)12-24(16)14-22(4,5)27)21(26)15-10-18(23)20(29-9-3)19(11-15)28-6/h10-11,16-17,27H,7-9,12-14H2,1-6H3/t16-,17+/m1/s1. The van der Waals surface area contributed by atoms with Crippen LogP contribution < -0.4 is 9.47 Å². The van der Waals surface area contributed by atoms with Crippen molar-refractivity contribution >= 4 is 17.5 Å². The molecule has 1 heterocycles. The number of ether oxygens (including phenoxy) is 2. The number of hydrogen-bond donors (Lipinski definition) is 1. The van der Waals surface area contributed by atoms with Crippen LogP contribution in [0.4, 0.5) is 0 Å². The summed E-state index contributed by atoms with van der Waals surface area (Å²) < 4.78 is 11.0. The number of carbonyl (C=O) groups is 1. The lowest BCUT2D eigenvalue weighted by molar-refractivity contribution is -0.0237. The van der Waals surface area contributed by atoms with Gasteiger partial charge in [-0.2, -0.15) is 0 Å². The molecule has 0 spiro atoms. The topological polar surface area (TPSA) is 62.2 Å². The average molecular weight is 427 g/mol. The van der Waals surface area contributed by atoms with E-state index in [2.05, 4.69) is 18.7 Å². The predicted molar refractivity (Wildman–Crippen MR) is 116 cm³/mol. The Kier molecular flexibility index (Phi) is 8.20. The number of rotatable bonds is 8. The Labute approximate surface area is 179 Å². The number of nitrogens with zero attached hydrogens (tertiary/aromatic N) is 2. The van der Waals surface area contributed by atoms with E-state index in [9.17, 15) is 9.90 Å². The first-order chi connectivity index (χ1) is 13.6. The third-order valence-corrected chi connectivity index (χ3v) is 5.65. The van der Waals surface area contributed by atoms with Gasteiger partial charge >= 0.3 is 0 Å². The van der Waals surface area contributed by atoms with E-state index in [1.807, 2.05) is 25.7 Å². The number of aliphatic hydroxyl groups is 1. The molecule has 0 radical (unpaired) electrons. The second kappa shape index (κ2) is 10.0. The van der Waals surface area contributed by atoms with Gasteiger partial charge in [0, 0.05) is 37.3 Å². The van der Waals surface area contributed by atoms with Gasteiger partial charge in [0.1, 0.15) is 0 Å². The SMILES string of the molecule is CCOc1c(Cl)cc(C(=O)N2C[C@@H](CC)N(CC(C)(C)O)C[C@@H]2CC)cc1OC. The Morgan fingerprint density at radius 2 is 1.86 bits per heavy atom. The maximum atomic E-state index is 13.4. The fourth-order valence-electron chi connectivity index (χ4n) is 3.98. The van der Waals surface area contributed by atoms with Gasteiger partial charge in [0.2, 0.25) is 0 Å². The molecule has 0 saturated carbocycles. The average Bonchev–Trinajstić information content (AvgIpc) is 2.67. The maximum absolute atomic E-state index is 13.4. The minimum Gasteiger partial charge on any atom is -0.493 e. The first-order valence-corrected chi connectivity index (χ1v) is 10.8. The number of carbonyl (C=O) groups excluding carboxylic acids is 1. The van der Waals surface area contributed by atoms with Crippen molar-refractivity contribution in [2.24, 2.45) is 0 Å². The molecule has 0 bridgehead atoms. The molecule has 6 nitrogen and oxygen atoms in total. The molecule has 1 fully saturated rings. The lowest BCUT2D eigenvalue weighted by Crippen LogP contribution is -2.61. The number of methoxy groups -OCH3 is 1. The van der Waals surface area contributed by atoms with Crippen LogP contribution >= 0.6 is 11.6 Å². The van der Waals surface area contributed by atoms with Crippen LogP contribution in [0.25, 0.3) is 0 Å². The van der Waals surface area contributed by atoms with E-state index in [4.69, 9.17) is 21.1 Å². The molecule has 1 aliphatic heterocycles. The number of hydrogen-bond acceptors (Lipinski definition) is 5. The van der Waals surface area contributed by atoms with E-state index in [1.165, 1.54) is 0 Å². The van der Waals surface area contributed by atoms with Crippen LogP contribution in [0.2, 0.25) is 5.02 Å². The zero-order valence-corrected chi connectivity index (χ0v) is 19.3. The zero-order valence-electron chi connectivity index (χ0n) is 18.5. The maximum Gasteiger partial charge on any atom is 0.254 e. The van der Waals surface area contributed by atoms with E-state index in [1.54, 1.807) is 19.2 Å². The van der Waals surface area contributed by atoms with Gasteiger partial charge in [-0.25, -0.2) is 0 Å². The number of amides is 1. The van der Waals surface area contributed by atoms with Crippen molar-refractivity contribution in [3.05, 3.63) is 22.7 Å². The molecular weight excluding hydrogens is 392 g/mol. The van der Waals surface area contributed by atoms with Crippen LogP contribution in [0.3, 0.4) is 0 Å². The molecule has 29 heavy (non-hydrogen) atoms. The molecule has 0 unspecified atom stereocenters. The summed E-state index contributed by atoms with van der Waals surface area (Å²) in [5.41, 5.74) is -0.270. The van der Waals surface area contributed by atoms with Crippen molar-refractivity contribution in [1.82, 2.24) is 9.80 Å². The highest BCUT2D eigenvalue weighted by molar-refractivity contribution is 6.32. The summed E-state index contributed by atoms with van der Waals surface area (Å²) in [7, 11) is 1.54. The molecular formula is C22H35ClN2O4. The third-order valence-electron chi connectivity index (χ3n) is 5.37. The number of benzene rings is 1. The number of β-amino-alcohol motifs (C(OH)–C–C–N with tert-alkyl or cyclic N) is 1. The van der Waals surface area contributed by atoms with Crippen molar-refractivity contribution in [3.8, 4) is 11.5 Å². The third kappa shape index (κ3) is 5.77. The van der Waals surface area contributed by atoms with Gasteiger partial charge < -0.3 is 19.5 Å². The largest absolute Gasteiger partial charge is 0.493 e. The highest BCUT2D eigenvalue weighted by atomic mass is 35.5. The van der Waals surface area contributed by atoms with Crippen molar-refractivity contribution in [3.63, 3.8) is 0 Å². The molecule has 2 atom stereocenters. The van der Waals surface area contributed by atoms with E-state index < -0.39 is 5.60 Å². The van der Waals surface area contributed by atoms with Crippen molar-refractivity contribution in [1.29, 1.82) is 0 Å². The Morgan fingerprint density at radius 1 is 1.21 bits per heavy atom.